The minimum atomic E-state index is -0.490. The lowest BCUT2D eigenvalue weighted by atomic mass is 9.99. The number of likely N-dealkylation sites (tertiary alicyclic amines) is 1. The van der Waals surface area contributed by atoms with Crippen LogP contribution in [0.2, 0.25) is 0 Å². The first-order chi connectivity index (χ1) is 12.2. The highest BCUT2D eigenvalue weighted by atomic mass is 16.6. The summed E-state index contributed by atoms with van der Waals surface area (Å²) in [6.45, 7) is 11.0. The van der Waals surface area contributed by atoms with Crippen LogP contribution in [0.3, 0.4) is 0 Å². The van der Waals surface area contributed by atoms with E-state index >= 15 is 0 Å². The van der Waals surface area contributed by atoms with E-state index in [4.69, 9.17) is 15.6 Å². The monoisotopic (exact) mass is 360 g/mol. The molecule has 0 saturated carbocycles. The van der Waals surface area contributed by atoms with Gasteiger partial charge in [-0.2, -0.15) is 5.10 Å². The first-order valence-electron chi connectivity index (χ1n) is 9.10. The van der Waals surface area contributed by atoms with Crippen LogP contribution in [-0.4, -0.2) is 49.4 Å². The molecule has 0 aromatic carbocycles. The summed E-state index contributed by atoms with van der Waals surface area (Å²) in [4.78, 5) is 22.8. The van der Waals surface area contributed by atoms with Crippen molar-refractivity contribution in [2.24, 2.45) is 5.92 Å². The predicted molar refractivity (Wildman–Crippen MR) is 99.7 cm³/mol. The lowest BCUT2D eigenvalue weighted by Gasteiger charge is -2.28. The van der Waals surface area contributed by atoms with E-state index < -0.39 is 5.60 Å². The van der Waals surface area contributed by atoms with Crippen molar-refractivity contribution in [3.05, 3.63) is 12.0 Å². The van der Waals surface area contributed by atoms with E-state index in [2.05, 4.69) is 16.9 Å². The molecule has 2 aromatic heterocycles. The smallest absolute Gasteiger partial charge is 0.410 e. The van der Waals surface area contributed by atoms with Gasteiger partial charge in [0.2, 0.25) is 0 Å². The predicted octanol–water partition coefficient (Wildman–Crippen LogP) is 2.93. The number of nitrogen functional groups attached to an aromatic ring is 1. The molecule has 2 N–H and O–H groups in total. The molecule has 1 saturated heterocycles. The van der Waals surface area contributed by atoms with Gasteiger partial charge in [-0.1, -0.05) is 6.92 Å². The number of amides is 1. The van der Waals surface area contributed by atoms with Crippen LogP contribution in [0, 0.1) is 12.8 Å². The number of nitrogens with two attached hydrogens (primary N) is 1. The average Bonchev–Trinajstić information content (AvgIpc) is 2.73. The van der Waals surface area contributed by atoms with Gasteiger partial charge in [0.05, 0.1) is 17.1 Å². The number of hydrogen-bond donors (Lipinski definition) is 1. The van der Waals surface area contributed by atoms with Crippen LogP contribution in [0.1, 0.15) is 52.3 Å². The molecule has 1 fully saturated rings. The van der Waals surface area contributed by atoms with Crippen LogP contribution in [0.25, 0.3) is 11.0 Å². The molecule has 0 bridgehead atoms. The molecule has 0 spiro atoms. The summed E-state index contributed by atoms with van der Waals surface area (Å²) in [5, 5.41) is 5.51. The summed E-state index contributed by atoms with van der Waals surface area (Å²) in [7, 11) is 0. The van der Waals surface area contributed by atoms with Crippen LogP contribution >= 0.6 is 0 Å². The molecule has 142 valence electrons. The third-order valence-electron chi connectivity index (χ3n) is 4.75. The number of aryl methyl sites for hydroxylation is 1. The normalized spacial score (nSPS) is 21.7. The van der Waals surface area contributed by atoms with Gasteiger partial charge in [0, 0.05) is 13.1 Å². The van der Waals surface area contributed by atoms with Crippen LogP contribution in [0.5, 0.6) is 0 Å². The van der Waals surface area contributed by atoms with Crippen molar-refractivity contribution in [2.45, 2.75) is 59.1 Å². The maximum atomic E-state index is 12.5. The van der Waals surface area contributed by atoms with Crippen molar-refractivity contribution >= 4 is 22.9 Å². The number of nitrogens with zero attached hydrogens (tertiary/aromatic N) is 5. The van der Waals surface area contributed by atoms with E-state index in [-0.39, 0.29) is 18.1 Å². The fourth-order valence-electron chi connectivity index (χ4n) is 3.59. The van der Waals surface area contributed by atoms with Crippen molar-refractivity contribution in [1.29, 1.82) is 0 Å². The third kappa shape index (κ3) is 3.59. The molecule has 3 heterocycles. The quantitative estimate of drug-likeness (QED) is 0.839. The molecule has 1 amide bonds. The number of carbonyl (C=O) groups excluding carboxylic acids is 1. The minimum Gasteiger partial charge on any atom is -0.444 e. The second-order valence-corrected chi connectivity index (χ2v) is 8.10. The molecule has 1 aliphatic heterocycles. The fraction of sp³-hybridized carbons (Fsp3) is 0.667. The Morgan fingerprint density at radius 3 is 2.77 bits per heavy atom. The molecule has 8 nitrogen and oxygen atoms in total. The Hall–Kier alpha value is -2.38. The zero-order chi connectivity index (χ0) is 19.1. The van der Waals surface area contributed by atoms with Gasteiger partial charge >= 0.3 is 6.09 Å². The molecule has 2 unspecified atom stereocenters. The zero-order valence-corrected chi connectivity index (χ0v) is 16.2. The second-order valence-electron chi connectivity index (χ2n) is 8.10. The van der Waals surface area contributed by atoms with Crippen LogP contribution < -0.4 is 5.73 Å². The van der Waals surface area contributed by atoms with Crippen molar-refractivity contribution in [3.63, 3.8) is 0 Å². The summed E-state index contributed by atoms with van der Waals surface area (Å²) in [5.41, 5.74) is 7.12. The number of hydrogen-bond acceptors (Lipinski definition) is 6. The SMILES string of the molecule is Cc1nn(C2CCCN(C(=O)OC(C)(C)C)CC2C)c2ncnc(N)c12. The standard InChI is InChI=1S/C18H28N6O2/c1-11-9-23(17(25)26-18(3,4)5)8-6-7-13(11)24-16-14(12(2)22-24)15(19)20-10-21-16/h10-11,13H,6-9H2,1-5H3,(H2,19,20,21). The number of fused-ring (bicyclic) bond motifs is 1. The lowest BCUT2D eigenvalue weighted by Crippen LogP contribution is -2.39. The van der Waals surface area contributed by atoms with Gasteiger partial charge < -0.3 is 15.4 Å². The van der Waals surface area contributed by atoms with Gasteiger partial charge in [0.25, 0.3) is 0 Å². The highest BCUT2D eigenvalue weighted by molar-refractivity contribution is 5.87. The third-order valence-corrected chi connectivity index (χ3v) is 4.75. The average molecular weight is 360 g/mol. The van der Waals surface area contributed by atoms with E-state index in [1.807, 2.05) is 32.4 Å². The summed E-state index contributed by atoms with van der Waals surface area (Å²) in [6.07, 6.45) is 3.03. The topological polar surface area (TPSA) is 99.2 Å². The second kappa shape index (κ2) is 6.74. The Morgan fingerprint density at radius 2 is 2.08 bits per heavy atom. The van der Waals surface area contributed by atoms with Crippen molar-refractivity contribution in [2.75, 3.05) is 18.8 Å². The Morgan fingerprint density at radius 1 is 1.35 bits per heavy atom. The van der Waals surface area contributed by atoms with Crippen LogP contribution in [0.15, 0.2) is 6.33 Å². The Labute approximate surface area is 153 Å². The van der Waals surface area contributed by atoms with Crippen molar-refractivity contribution in [3.8, 4) is 0 Å². The van der Waals surface area contributed by atoms with E-state index in [1.165, 1.54) is 6.33 Å². The van der Waals surface area contributed by atoms with Gasteiger partial charge in [-0.25, -0.2) is 19.4 Å². The van der Waals surface area contributed by atoms with Gasteiger partial charge in [-0.15, -0.1) is 0 Å². The summed E-state index contributed by atoms with van der Waals surface area (Å²) in [5.74, 6) is 0.666. The maximum absolute atomic E-state index is 12.5. The molecule has 0 aliphatic carbocycles. The Kier molecular flexibility index (Phi) is 4.77. The molecule has 2 aromatic rings. The summed E-state index contributed by atoms with van der Waals surface area (Å²) >= 11 is 0. The highest BCUT2D eigenvalue weighted by Gasteiger charge is 2.31. The van der Waals surface area contributed by atoms with Gasteiger partial charge in [0.1, 0.15) is 17.7 Å². The summed E-state index contributed by atoms with van der Waals surface area (Å²) < 4.78 is 7.50. The van der Waals surface area contributed by atoms with E-state index in [0.717, 1.165) is 29.6 Å². The number of aromatic nitrogens is 4. The molecular formula is C18H28N6O2. The van der Waals surface area contributed by atoms with E-state index in [0.29, 0.717) is 18.9 Å². The Bertz CT molecular complexity index is 810. The molecule has 2 atom stereocenters. The fourth-order valence-corrected chi connectivity index (χ4v) is 3.59. The first kappa shape index (κ1) is 18.4. The van der Waals surface area contributed by atoms with Gasteiger partial charge in [-0.3, -0.25) is 0 Å². The zero-order valence-electron chi connectivity index (χ0n) is 16.2. The highest BCUT2D eigenvalue weighted by Crippen LogP contribution is 2.32. The minimum absolute atomic E-state index is 0.146. The van der Waals surface area contributed by atoms with E-state index in [9.17, 15) is 4.79 Å². The molecule has 3 rings (SSSR count). The number of anilines is 1. The largest absolute Gasteiger partial charge is 0.444 e. The lowest BCUT2D eigenvalue weighted by molar-refractivity contribution is 0.0232. The maximum Gasteiger partial charge on any atom is 0.410 e. The number of carbonyl (C=O) groups is 1. The van der Waals surface area contributed by atoms with Crippen molar-refractivity contribution in [1.82, 2.24) is 24.6 Å². The Balaban J connectivity index is 1.85. The van der Waals surface area contributed by atoms with Gasteiger partial charge in [0.15, 0.2) is 5.65 Å². The van der Waals surface area contributed by atoms with E-state index in [1.54, 1.807) is 4.90 Å². The molecule has 0 radical (unpaired) electrons. The first-order valence-corrected chi connectivity index (χ1v) is 9.10. The van der Waals surface area contributed by atoms with Crippen LogP contribution in [-0.2, 0) is 4.74 Å². The molecular weight excluding hydrogens is 332 g/mol. The number of rotatable bonds is 1. The summed E-state index contributed by atoms with van der Waals surface area (Å²) in [6, 6.07) is 0.146. The van der Waals surface area contributed by atoms with Gasteiger partial charge in [-0.05, 0) is 46.5 Å². The number of ether oxygens (including phenoxy) is 1. The molecule has 26 heavy (non-hydrogen) atoms. The van der Waals surface area contributed by atoms with Crippen LogP contribution in [0.4, 0.5) is 10.6 Å². The molecule has 1 aliphatic rings. The molecule has 8 heteroatoms. The van der Waals surface area contributed by atoms with Crippen molar-refractivity contribution < 1.29 is 9.53 Å².